The number of nitrogens with one attached hydrogen (secondary N) is 1. The van der Waals surface area contributed by atoms with Gasteiger partial charge in [0.05, 0.1) is 6.42 Å². The number of hydrogen-bond donors (Lipinski definition) is 1. The lowest BCUT2D eigenvalue weighted by atomic mass is 9.95. The van der Waals surface area contributed by atoms with Crippen molar-refractivity contribution in [3.63, 3.8) is 0 Å². The predicted molar refractivity (Wildman–Crippen MR) is 94.4 cm³/mol. The first-order chi connectivity index (χ1) is 12.9. The van der Waals surface area contributed by atoms with Crippen LogP contribution < -0.4 is 5.32 Å². The number of rotatable bonds is 4. The van der Waals surface area contributed by atoms with Crippen LogP contribution in [0.15, 0.2) is 42.5 Å². The van der Waals surface area contributed by atoms with Gasteiger partial charge in [-0.2, -0.15) is 0 Å². The maximum atomic E-state index is 13.6. The maximum absolute atomic E-state index is 13.6. The zero-order chi connectivity index (χ0) is 19.4. The monoisotopic (exact) mass is 376 g/mol. The molecule has 0 bridgehead atoms. The Morgan fingerprint density at radius 3 is 2.26 bits per heavy atom. The van der Waals surface area contributed by atoms with Crippen LogP contribution in [0.5, 0.6) is 0 Å². The zero-order valence-electron chi connectivity index (χ0n) is 14.6. The molecule has 1 aliphatic heterocycles. The first-order valence-corrected chi connectivity index (χ1v) is 8.71. The van der Waals surface area contributed by atoms with Gasteiger partial charge in [0.2, 0.25) is 11.8 Å². The minimum Gasteiger partial charge on any atom is -0.342 e. The highest BCUT2D eigenvalue weighted by molar-refractivity contribution is 5.93. The highest BCUT2D eigenvalue weighted by atomic mass is 19.1. The third kappa shape index (κ3) is 4.67. The smallest absolute Gasteiger partial charge is 0.227 e. The maximum Gasteiger partial charge on any atom is 0.227 e. The molecule has 1 aliphatic rings. The molecule has 0 radical (unpaired) electrons. The summed E-state index contributed by atoms with van der Waals surface area (Å²) in [4.78, 5) is 26.3. The molecule has 0 atom stereocenters. The van der Waals surface area contributed by atoms with E-state index >= 15 is 0 Å². The summed E-state index contributed by atoms with van der Waals surface area (Å²) >= 11 is 0. The molecule has 0 saturated carbocycles. The molecule has 1 heterocycles. The molecule has 2 aromatic rings. The molecular formula is C20H19F3N2O2. The van der Waals surface area contributed by atoms with Gasteiger partial charge in [0.15, 0.2) is 0 Å². The second kappa shape index (κ2) is 8.24. The number of nitrogens with zero attached hydrogens (tertiary/aromatic N) is 1. The molecule has 1 fully saturated rings. The number of carbonyl (C=O) groups is 2. The normalized spacial score (nSPS) is 14.9. The van der Waals surface area contributed by atoms with Crippen LogP contribution in [-0.2, 0) is 16.0 Å². The number of piperidine rings is 1. The number of anilines is 1. The molecule has 2 aromatic carbocycles. The number of hydrogen-bond acceptors (Lipinski definition) is 2. The lowest BCUT2D eigenvalue weighted by Crippen LogP contribution is -2.42. The molecule has 1 saturated heterocycles. The zero-order valence-corrected chi connectivity index (χ0v) is 14.6. The Kier molecular flexibility index (Phi) is 5.78. The number of halogens is 3. The molecule has 0 unspecified atom stereocenters. The Bertz CT molecular complexity index is 829. The van der Waals surface area contributed by atoms with E-state index in [-0.39, 0.29) is 12.3 Å². The van der Waals surface area contributed by atoms with Crippen LogP contribution >= 0.6 is 0 Å². The Morgan fingerprint density at radius 2 is 1.63 bits per heavy atom. The van der Waals surface area contributed by atoms with Crippen molar-refractivity contribution in [3.8, 4) is 0 Å². The molecular weight excluding hydrogens is 357 g/mol. The van der Waals surface area contributed by atoms with Gasteiger partial charge in [0.25, 0.3) is 0 Å². The first-order valence-electron chi connectivity index (χ1n) is 8.71. The molecule has 142 valence electrons. The van der Waals surface area contributed by atoms with Crippen LogP contribution in [0.25, 0.3) is 0 Å². The van der Waals surface area contributed by atoms with Crippen molar-refractivity contribution in [2.45, 2.75) is 19.3 Å². The van der Waals surface area contributed by atoms with Crippen LogP contribution in [-0.4, -0.2) is 29.8 Å². The summed E-state index contributed by atoms with van der Waals surface area (Å²) in [5.74, 6) is -3.08. The second-order valence-electron chi connectivity index (χ2n) is 6.55. The second-order valence-corrected chi connectivity index (χ2v) is 6.55. The SMILES string of the molecule is O=C(Nc1c(F)cccc1F)C1CCN(C(=O)Cc2cccc(F)c2)CC1. The van der Waals surface area contributed by atoms with E-state index < -0.39 is 35.0 Å². The summed E-state index contributed by atoms with van der Waals surface area (Å²) in [5.41, 5.74) is 0.141. The molecule has 0 spiro atoms. The van der Waals surface area contributed by atoms with Crippen LogP contribution in [0.3, 0.4) is 0 Å². The Hall–Kier alpha value is -2.83. The van der Waals surface area contributed by atoms with Gasteiger partial charge in [0.1, 0.15) is 23.1 Å². The van der Waals surface area contributed by atoms with E-state index in [1.165, 1.54) is 18.2 Å². The number of para-hydroxylation sites is 1. The van der Waals surface area contributed by atoms with Gasteiger partial charge in [-0.1, -0.05) is 18.2 Å². The lowest BCUT2D eigenvalue weighted by Gasteiger charge is -2.31. The van der Waals surface area contributed by atoms with Gasteiger partial charge in [-0.3, -0.25) is 9.59 Å². The summed E-state index contributed by atoms with van der Waals surface area (Å²) in [6.45, 7) is 0.734. The molecule has 0 aliphatic carbocycles. The summed E-state index contributed by atoms with van der Waals surface area (Å²) < 4.78 is 40.5. The van der Waals surface area contributed by atoms with E-state index in [9.17, 15) is 22.8 Å². The summed E-state index contributed by atoms with van der Waals surface area (Å²) in [6.07, 6.45) is 0.892. The van der Waals surface area contributed by atoms with Crippen molar-refractivity contribution in [2.75, 3.05) is 18.4 Å². The largest absolute Gasteiger partial charge is 0.342 e. The molecule has 4 nitrogen and oxygen atoms in total. The van der Waals surface area contributed by atoms with Crippen molar-refractivity contribution in [3.05, 3.63) is 65.5 Å². The molecule has 7 heteroatoms. The average molecular weight is 376 g/mol. The highest BCUT2D eigenvalue weighted by Crippen LogP contribution is 2.23. The van der Waals surface area contributed by atoms with Crippen molar-refractivity contribution < 1.29 is 22.8 Å². The predicted octanol–water partition coefficient (Wildman–Crippen LogP) is 3.52. The average Bonchev–Trinajstić information content (AvgIpc) is 2.65. The fraction of sp³-hybridized carbons (Fsp3) is 0.300. The van der Waals surface area contributed by atoms with E-state index in [2.05, 4.69) is 5.32 Å². The molecule has 3 rings (SSSR count). The minimum absolute atomic E-state index is 0.0923. The van der Waals surface area contributed by atoms with Crippen molar-refractivity contribution in [1.29, 1.82) is 0 Å². The van der Waals surface area contributed by atoms with Crippen molar-refractivity contribution in [2.24, 2.45) is 5.92 Å². The third-order valence-electron chi connectivity index (χ3n) is 4.67. The Balaban J connectivity index is 1.53. The van der Waals surface area contributed by atoms with Gasteiger partial charge in [-0.25, -0.2) is 13.2 Å². The van der Waals surface area contributed by atoms with Gasteiger partial charge >= 0.3 is 0 Å². The molecule has 1 N–H and O–H groups in total. The summed E-state index contributed by atoms with van der Waals surface area (Å²) in [6, 6.07) is 9.25. The fourth-order valence-corrected chi connectivity index (χ4v) is 3.17. The van der Waals surface area contributed by atoms with E-state index in [1.807, 2.05) is 0 Å². The lowest BCUT2D eigenvalue weighted by molar-refractivity contribution is -0.133. The minimum atomic E-state index is -0.828. The van der Waals surface area contributed by atoms with E-state index in [0.29, 0.717) is 31.5 Å². The summed E-state index contributed by atoms with van der Waals surface area (Å²) in [5, 5.41) is 2.30. The topological polar surface area (TPSA) is 49.4 Å². The quantitative estimate of drug-likeness (QED) is 0.888. The number of likely N-dealkylation sites (tertiary alicyclic amines) is 1. The van der Waals surface area contributed by atoms with E-state index in [0.717, 1.165) is 12.1 Å². The molecule has 27 heavy (non-hydrogen) atoms. The van der Waals surface area contributed by atoms with Gasteiger partial charge in [0, 0.05) is 19.0 Å². The first kappa shape index (κ1) is 18.9. The molecule has 2 amide bonds. The Labute approximate surface area is 155 Å². The van der Waals surface area contributed by atoms with Crippen LogP contribution in [0.4, 0.5) is 18.9 Å². The van der Waals surface area contributed by atoms with Gasteiger partial charge in [-0.05, 0) is 42.7 Å². The van der Waals surface area contributed by atoms with Crippen LogP contribution in [0.1, 0.15) is 18.4 Å². The van der Waals surface area contributed by atoms with Gasteiger partial charge in [-0.15, -0.1) is 0 Å². The number of carbonyl (C=O) groups excluding carboxylic acids is 2. The van der Waals surface area contributed by atoms with Crippen LogP contribution in [0.2, 0.25) is 0 Å². The van der Waals surface area contributed by atoms with Crippen molar-refractivity contribution in [1.82, 2.24) is 4.90 Å². The Morgan fingerprint density at radius 1 is 1.00 bits per heavy atom. The third-order valence-corrected chi connectivity index (χ3v) is 4.67. The van der Waals surface area contributed by atoms with E-state index in [1.54, 1.807) is 17.0 Å². The standard InChI is InChI=1S/C20H19F3N2O2/c21-15-4-1-3-13(11-15)12-18(26)25-9-7-14(8-10-25)20(27)24-19-16(22)5-2-6-17(19)23/h1-6,11,14H,7-10,12H2,(H,24,27). The molecule has 0 aromatic heterocycles. The van der Waals surface area contributed by atoms with Crippen LogP contribution in [0, 0.1) is 23.4 Å². The number of amides is 2. The van der Waals surface area contributed by atoms with Gasteiger partial charge < -0.3 is 10.2 Å². The fourth-order valence-electron chi connectivity index (χ4n) is 3.17. The highest BCUT2D eigenvalue weighted by Gasteiger charge is 2.28. The summed E-state index contributed by atoms with van der Waals surface area (Å²) in [7, 11) is 0. The number of benzene rings is 2. The van der Waals surface area contributed by atoms with E-state index in [4.69, 9.17) is 0 Å². The van der Waals surface area contributed by atoms with Crippen molar-refractivity contribution >= 4 is 17.5 Å².